The number of ether oxygens (including phenoxy) is 1. The Balaban J connectivity index is 1.65. The smallest absolute Gasteiger partial charge is 0.341 e. The molecule has 31 heavy (non-hydrogen) atoms. The van der Waals surface area contributed by atoms with Crippen LogP contribution in [0.3, 0.4) is 0 Å². The van der Waals surface area contributed by atoms with Crippen LogP contribution in [0.2, 0.25) is 5.02 Å². The van der Waals surface area contributed by atoms with Gasteiger partial charge in [0.2, 0.25) is 0 Å². The number of rotatable bonds is 5. The van der Waals surface area contributed by atoms with Crippen molar-refractivity contribution in [3.05, 3.63) is 63.2 Å². The lowest BCUT2D eigenvalue weighted by molar-refractivity contribution is 0.0527. The van der Waals surface area contributed by atoms with Gasteiger partial charge in [0, 0.05) is 10.4 Å². The number of sulfone groups is 1. The van der Waals surface area contributed by atoms with E-state index in [9.17, 15) is 18.0 Å². The van der Waals surface area contributed by atoms with E-state index in [1.54, 1.807) is 37.3 Å². The third-order valence-electron chi connectivity index (χ3n) is 4.78. The highest BCUT2D eigenvalue weighted by Crippen LogP contribution is 2.39. The molecule has 0 aliphatic carbocycles. The van der Waals surface area contributed by atoms with Crippen LogP contribution in [0.1, 0.15) is 38.3 Å². The molecule has 1 aromatic carbocycles. The molecule has 1 aliphatic rings. The van der Waals surface area contributed by atoms with Gasteiger partial charge in [-0.2, -0.15) is 0 Å². The van der Waals surface area contributed by atoms with Gasteiger partial charge in [0.1, 0.15) is 10.8 Å². The number of hydrogen-bond donors (Lipinski definition) is 1. The first kappa shape index (κ1) is 21.6. The zero-order valence-corrected chi connectivity index (χ0v) is 18.8. The van der Waals surface area contributed by atoms with Crippen molar-refractivity contribution in [2.45, 2.75) is 19.1 Å². The van der Waals surface area contributed by atoms with Crippen LogP contribution in [0.4, 0.5) is 5.00 Å². The fourth-order valence-electron chi connectivity index (χ4n) is 3.36. The van der Waals surface area contributed by atoms with E-state index in [0.717, 1.165) is 11.3 Å². The van der Waals surface area contributed by atoms with E-state index < -0.39 is 21.7 Å². The van der Waals surface area contributed by atoms with E-state index in [4.69, 9.17) is 20.8 Å². The number of carbonyl (C=O) groups is 2. The van der Waals surface area contributed by atoms with Crippen LogP contribution in [0.25, 0.3) is 11.3 Å². The molecule has 0 saturated carbocycles. The summed E-state index contributed by atoms with van der Waals surface area (Å²) in [6.45, 7) is 1.84. The topological polar surface area (TPSA) is 103 Å². The lowest BCUT2D eigenvalue weighted by Crippen LogP contribution is -2.20. The Morgan fingerprint density at radius 3 is 2.74 bits per heavy atom. The molecule has 0 saturated heterocycles. The van der Waals surface area contributed by atoms with E-state index in [-0.39, 0.29) is 40.9 Å². The maximum Gasteiger partial charge on any atom is 0.341 e. The summed E-state index contributed by atoms with van der Waals surface area (Å²) in [5.41, 5.74) is 1.47. The SMILES string of the molecule is CCOC(=O)c1c(NC(=O)c2ccc(-c3ccccc3Cl)o2)sc2c1CCS(=O)(=O)C2. The summed E-state index contributed by atoms with van der Waals surface area (Å²) in [6, 6.07) is 10.2. The van der Waals surface area contributed by atoms with E-state index in [2.05, 4.69) is 5.32 Å². The van der Waals surface area contributed by atoms with Gasteiger partial charge in [0.25, 0.3) is 5.91 Å². The fraction of sp³-hybridized carbons (Fsp3) is 0.238. The average molecular weight is 480 g/mol. The number of esters is 1. The van der Waals surface area contributed by atoms with Crippen LogP contribution in [-0.4, -0.2) is 32.7 Å². The zero-order valence-electron chi connectivity index (χ0n) is 16.4. The monoisotopic (exact) mass is 479 g/mol. The summed E-state index contributed by atoms with van der Waals surface area (Å²) in [4.78, 5) is 25.9. The number of fused-ring (bicyclic) bond motifs is 1. The minimum Gasteiger partial charge on any atom is -0.462 e. The summed E-state index contributed by atoms with van der Waals surface area (Å²) in [6.07, 6.45) is 0.204. The summed E-state index contributed by atoms with van der Waals surface area (Å²) >= 11 is 7.26. The third-order valence-corrected chi connectivity index (χ3v) is 7.99. The predicted molar refractivity (Wildman–Crippen MR) is 119 cm³/mol. The van der Waals surface area contributed by atoms with Gasteiger partial charge in [-0.1, -0.05) is 23.7 Å². The largest absolute Gasteiger partial charge is 0.462 e. The molecule has 0 spiro atoms. The highest BCUT2D eigenvalue weighted by molar-refractivity contribution is 7.90. The Morgan fingerprint density at radius 1 is 1.23 bits per heavy atom. The maximum atomic E-state index is 12.8. The van der Waals surface area contributed by atoms with Gasteiger partial charge in [-0.25, -0.2) is 13.2 Å². The van der Waals surface area contributed by atoms with Crippen molar-refractivity contribution in [2.75, 3.05) is 17.7 Å². The molecule has 0 fully saturated rings. The molecule has 7 nitrogen and oxygen atoms in total. The zero-order chi connectivity index (χ0) is 22.2. The number of anilines is 1. The maximum absolute atomic E-state index is 12.8. The number of furan rings is 1. The molecule has 3 heterocycles. The number of carbonyl (C=O) groups excluding carboxylic acids is 2. The molecule has 1 amide bonds. The molecule has 1 N–H and O–H groups in total. The molecule has 4 rings (SSSR count). The van der Waals surface area contributed by atoms with Crippen molar-refractivity contribution < 1.29 is 27.2 Å². The van der Waals surface area contributed by atoms with E-state index in [1.165, 1.54) is 6.07 Å². The number of amides is 1. The highest BCUT2D eigenvalue weighted by atomic mass is 35.5. The van der Waals surface area contributed by atoms with Crippen molar-refractivity contribution in [1.82, 2.24) is 0 Å². The first-order valence-corrected chi connectivity index (χ1v) is 12.5. The van der Waals surface area contributed by atoms with Crippen LogP contribution in [0, 0.1) is 0 Å². The van der Waals surface area contributed by atoms with Crippen LogP contribution in [0.15, 0.2) is 40.8 Å². The van der Waals surface area contributed by atoms with E-state index in [0.29, 0.717) is 26.8 Å². The van der Waals surface area contributed by atoms with Gasteiger partial charge in [0.15, 0.2) is 15.6 Å². The Morgan fingerprint density at radius 2 is 2.00 bits per heavy atom. The second-order valence-corrected chi connectivity index (χ2v) is 10.6. The van der Waals surface area contributed by atoms with Crippen LogP contribution in [-0.2, 0) is 26.7 Å². The normalized spacial score (nSPS) is 14.6. The van der Waals surface area contributed by atoms with Crippen molar-refractivity contribution >= 4 is 49.7 Å². The minimum absolute atomic E-state index is 0.0312. The average Bonchev–Trinajstić information content (AvgIpc) is 3.32. The number of thiophene rings is 1. The van der Waals surface area contributed by atoms with E-state index >= 15 is 0 Å². The Labute approximate surface area is 187 Å². The molecule has 162 valence electrons. The molecule has 0 radical (unpaired) electrons. The lowest BCUT2D eigenvalue weighted by atomic mass is 10.1. The molecule has 2 aromatic heterocycles. The molecular formula is C21H18ClNO6S2. The van der Waals surface area contributed by atoms with Crippen molar-refractivity contribution in [1.29, 1.82) is 0 Å². The summed E-state index contributed by atoms with van der Waals surface area (Å²) in [5.74, 6) is -0.902. The summed E-state index contributed by atoms with van der Waals surface area (Å²) < 4.78 is 34.8. The lowest BCUT2D eigenvalue weighted by Gasteiger charge is -2.13. The second kappa shape index (κ2) is 8.49. The fourth-order valence-corrected chi connectivity index (χ4v) is 6.62. The molecule has 1 aliphatic heterocycles. The molecule has 0 atom stereocenters. The van der Waals surface area contributed by atoms with Crippen molar-refractivity contribution in [3.63, 3.8) is 0 Å². The number of nitrogens with one attached hydrogen (secondary N) is 1. The van der Waals surface area contributed by atoms with Gasteiger partial charge in [-0.15, -0.1) is 11.3 Å². The van der Waals surface area contributed by atoms with Crippen LogP contribution >= 0.6 is 22.9 Å². The predicted octanol–water partition coefficient (Wildman–Crippen LogP) is 4.56. The van der Waals surface area contributed by atoms with Gasteiger partial charge in [-0.05, 0) is 43.2 Å². The number of hydrogen-bond acceptors (Lipinski definition) is 7. The first-order chi connectivity index (χ1) is 14.8. The standard InChI is InChI=1S/C21H18ClNO6S2/c1-2-28-21(25)18-13-9-10-31(26,27)11-17(13)30-20(18)23-19(24)16-8-7-15(29-16)12-5-3-4-6-14(12)22/h3-8H,2,9-11H2,1H3,(H,23,24). The minimum atomic E-state index is -3.24. The van der Waals surface area contributed by atoms with Crippen molar-refractivity contribution in [2.24, 2.45) is 0 Å². The number of halogens is 1. The Kier molecular flexibility index (Phi) is 5.92. The Hall–Kier alpha value is -2.62. The molecule has 0 bridgehead atoms. The molecule has 3 aromatic rings. The summed E-state index contributed by atoms with van der Waals surface area (Å²) in [7, 11) is -3.24. The van der Waals surface area contributed by atoms with Gasteiger partial charge >= 0.3 is 5.97 Å². The molecule has 0 unspecified atom stereocenters. The quantitative estimate of drug-likeness (QED) is 0.538. The first-order valence-electron chi connectivity index (χ1n) is 9.47. The van der Waals surface area contributed by atoms with Crippen LogP contribution < -0.4 is 5.32 Å². The number of benzene rings is 1. The molecule has 10 heteroatoms. The van der Waals surface area contributed by atoms with Gasteiger partial charge < -0.3 is 14.5 Å². The Bertz CT molecular complexity index is 1270. The van der Waals surface area contributed by atoms with E-state index in [1.807, 2.05) is 0 Å². The molecular weight excluding hydrogens is 462 g/mol. The highest BCUT2D eigenvalue weighted by Gasteiger charge is 2.32. The van der Waals surface area contributed by atoms with Crippen LogP contribution in [0.5, 0.6) is 0 Å². The summed E-state index contributed by atoms with van der Waals surface area (Å²) in [5, 5.41) is 3.43. The second-order valence-electron chi connectivity index (χ2n) is 6.87. The van der Waals surface area contributed by atoms with Crippen molar-refractivity contribution in [3.8, 4) is 11.3 Å². The third kappa shape index (κ3) is 4.39. The van der Waals surface area contributed by atoms with Gasteiger partial charge in [0.05, 0.1) is 28.7 Å². The van der Waals surface area contributed by atoms with Gasteiger partial charge in [-0.3, -0.25) is 4.79 Å².